The number of carboxylic acid groups (broad SMARTS) is 1. The highest BCUT2D eigenvalue weighted by Gasteiger charge is 2.45. The first-order chi connectivity index (χ1) is 6.48. The molecule has 1 atom stereocenters. The van der Waals surface area contributed by atoms with Crippen molar-refractivity contribution in [3.8, 4) is 0 Å². The molecule has 0 aromatic heterocycles. The molecular formula is C8H14N2O4. The molecule has 0 saturated carbocycles. The minimum atomic E-state index is -1.53. The Bertz CT molecular complexity index is 246. The van der Waals surface area contributed by atoms with Crippen molar-refractivity contribution in [3.05, 3.63) is 0 Å². The third kappa shape index (κ3) is 1.95. The maximum atomic E-state index is 11.2. The Kier molecular flexibility index (Phi) is 2.95. The largest absolute Gasteiger partial charge is 0.477 e. The summed E-state index contributed by atoms with van der Waals surface area (Å²) in [6, 6.07) is 0. The Morgan fingerprint density at radius 2 is 2.14 bits per heavy atom. The van der Waals surface area contributed by atoms with Crippen LogP contribution in [0.5, 0.6) is 0 Å². The number of ether oxygens (including phenoxy) is 1. The van der Waals surface area contributed by atoms with E-state index in [1.54, 1.807) is 0 Å². The van der Waals surface area contributed by atoms with E-state index in [4.69, 9.17) is 9.84 Å². The van der Waals surface area contributed by atoms with Crippen LogP contribution in [-0.4, -0.2) is 48.4 Å². The van der Waals surface area contributed by atoms with Crippen molar-refractivity contribution >= 4 is 12.1 Å². The van der Waals surface area contributed by atoms with Crippen LogP contribution in [-0.2, 0) is 9.53 Å². The molecule has 0 aromatic carbocycles. The minimum absolute atomic E-state index is 0.307. The van der Waals surface area contributed by atoms with E-state index in [-0.39, 0.29) is 0 Å². The Morgan fingerprint density at radius 3 is 2.50 bits per heavy atom. The van der Waals surface area contributed by atoms with E-state index in [1.807, 2.05) is 0 Å². The van der Waals surface area contributed by atoms with E-state index in [2.05, 4.69) is 5.32 Å². The molecule has 14 heavy (non-hydrogen) atoms. The van der Waals surface area contributed by atoms with Crippen LogP contribution in [0.4, 0.5) is 4.79 Å². The lowest BCUT2D eigenvalue weighted by Gasteiger charge is -2.26. The van der Waals surface area contributed by atoms with Gasteiger partial charge in [-0.1, -0.05) is 0 Å². The molecule has 6 nitrogen and oxygen atoms in total. The summed E-state index contributed by atoms with van der Waals surface area (Å²) in [4.78, 5) is 23.3. The van der Waals surface area contributed by atoms with Crippen molar-refractivity contribution in [2.45, 2.75) is 18.6 Å². The van der Waals surface area contributed by atoms with Crippen LogP contribution in [0.3, 0.4) is 0 Å². The van der Waals surface area contributed by atoms with Gasteiger partial charge in [0.15, 0.2) is 0 Å². The molecule has 0 aromatic rings. The molecule has 6 heteroatoms. The van der Waals surface area contributed by atoms with Crippen LogP contribution in [0, 0.1) is 0 Å². The summed E-state index contributed by atoms with van der Waals surface area (Å²) in [5, 5.41) is 11.6. The fourth-order valence-corrected chi connectivity index (χ4v) is 1.27. The molecule has 0 spiro atoms. The number of carbonyl (C=O) groups excluding carboxylic acids is 1. The summed E-state index contributed by atoms with van der Waals surface area (Å²) in [5.74, 6) is -1.15. The SMILES string of the molecule is CN(C)C(=O)O[C@@]1(C(=O)O)CCCN1. The zero-order valence-electron chi connectivity index (χ0n) is 8.24. The number of carboxylic acids is 1. The van der Waals surface area contributed by atoms with Gasteiger partial charge < -0.3 is 14.7 Å². The van der Waals surface area contributed by atoms with Gasteiger partial charge in [0, 0.05) is 20.5 Å². The highest BCUT2D eigenvalue weighted by atomic mass is 16.6. The van der Waals surface area contributed by atoms with Crippen molar-refractivity contribution in [2.75, 3.05) is 20.6 Å². The summed E-state index contributed by atoms with van der Waals surface area (Å²) in [5.41, 5.74) is -1.53. The lowest BCUT2D eigenvalue weighted by atomic mass is 10.2. The Balaban J connectivity index is 2.70. The van der Waals surface area contributed by atoms with Crippen molar-refractivity contribution in [2.24, 2.45) is 0 Å². The molecule has 0 bridgehead atoms. The quantitative estimate of drug-likeness (QED) is 0.651. The smallest absolute Gasteiger partial charge is 0.411 e. The number of hydrogen-bond acceptors (Lipinski definition) is 4. The van der Waals surface area contributed by atoms with Crippen molar-refractivity contribution in [1.29, 1.82) is 0 Å². The number of nitrogens with one attached hydrogen (secondary N) is 1. The number of rotatable bonds is 2. The average Bonchev–Trinajstić information content (AvgIpc) is 2.53. The molecule has 1 saturated heterocycles. The highest BCUT2D eigenvalue weighted by molar-refractivity contribution is 5.81. The van der Waals surface area contributed by atoms with Gasteiger partial charge >= 0.3 is 12.1 Å². The Hall–Kier alpha value is -1.30. The lowest BCUT2D eigenvalue weighted by molar-refractivity contribution is -0.161. The number of carbonyl (C=O) groups is 2. The van der Waals surface area contributed by atoms with Crippen LogP contribution < -0.4 is 5.32 Å². The molecule has 0 radical (unpaired) electrons. The highest BCUT2D eigenvalue weighted by Crippen LogP contribution is 2.21. The monoisotopic (exact) mass is 202 g/mol. The molecule has 2 N–H and O–H groups in total. The molecule has 1 aliphatic heterocycles. The number of aliphatic carboxylic acids is 1. The Morgan fingerprint density at radius 1 is 1.50 bits per heavy atom. The summed E-state index contributed by atoms with van der Waals surface area (Å²) in [6.45, 7) is 0.549. The minimum Gasteiger partial charge on any atom is -0.477 e. The van der Waals surface area contributed by atoms with Crippen LogP contribution in [0.25, 0.3) is 0 Å². The van der Waals surface area contributed by atoms with Gasteiger partial charge in [-0.25, -0.2) is 9.59 Å². The number of hydrogen-bond donors (Lipinski definition) is 2. The molecule has 1 heterocycles. The van der Waals surface area contributed by atoms with E-state index in [1.165, 1.54) is 19.0 Å². The maximum Gasteiger partial charge on any atom is 0.411 e. The second kappa shape index (κ2) is 3.83. The van der Waals surface area contributed by atoms with Gasteiger partial charge in [0.05, 0.1) is 0 Å². The van der Waals surface area contributed by atoms with E-state index in [9.17, 15) is 9.59 Å². The zero-order valence-corrected chi connectivity index (χ0v) is 8.24. The summed E-state index contributed by atoms with van der Waals surface area (Å²) in [7, 11) is 3.01. The molecule has 1 fully saturated rings. The Labute approximate surface area is 81.8 Å². The molecule has 0 aliphatic carbocycles. The molecular weight excluding hydrogens is 188 g/mol. The topological polar surface area (TPSA) is 78.9 Å². The molecule has 1 rings (SSSR count). The van der Waals surface area contributed by atoms with E-state index >= 15 is 0 Å². The molecule has 1 aliphatic rings. The van der Waals surface area contributed by atoms with Crippen LogP contribution in [0.1, 0.15) is 12.8 Å². The first kappa shape index (κ1) is 10.8. The molecule has 80 valence electrons. The third-order valence-electron chi connectivity index (χ3n) is 2.09. The normalized spacial score (nSPS) is 25.9. The van der Waals surface area contributed by atoms with Gasteiger partial charge in [0.1, 0.15) is 0 Å². The predicted molar refractivity (Wildman–Crippen MR) is 47.8 cm³/mol. The first-order valence-corrected chi connectivity index (χ1v) is 4.37. The zero-order chi connectivity index (χ0) is 10.8. The summed E-state index contributed by atoms with van der Waals surface area (Å²) in [6.07, 6.45) is 0.344. The fourth-order valence-electron chi connectivity index (χ4n) is 1.27. The standard InChI is InChI=1S/C8H14N2O4/c1-10(2)7(13)14-8(6(11)12)4-3-5-9-8/h9H,3-5H2,1-2H3,(H,11,12)/t8-/m1/s1. The van der Waals surface area contributed by atoms with Gasteiger partial charge in [0.25, 0.3) is 5.72 Å². The van der Waals surface area contributed by atoms with E-state index in [0.717, 1.165) is 0 Å². The second-order valence-corrected chi connectivity index (χ2v) is 3.42. The van der Waals surface area contributed by atoms with Gasteiger partial charge in [-0.05, 0) is 13.0 Å². The van der Waals surface area contributed by atoms with Gasteiger partial charge in [-0.2, -0.15) is 0 Å². The number of amides is 1. The van der Waals surface area contributed by atoms with Crippen molar-refractivity contribution in [1.82, 2.24) is 10.2 Å². The summed E-state index contributed by atoms with van der Waals surface area (Å²) >= 11 is 0. The van der Waals surface area contributed by atoms with Crippen molar-refractivity contribution < 1.29 is 19.4 Å². The van der Waals surface area contributed by atoms with Crippen LogP contribution in [0.15, 0.2) is 0 Å². The van der Waals surface area contributed by atoms with Gasteiger partial charge in [0.2, 0.25) is 0 Å². The van der Waals surface area contributed by atoms with Crippen LogP contribution >= 0.6 is 0 Å². The van der Waals surface area contributed by atoms with E-state index in [0.29, 0.717) is 19.4 Å². The molecule has 1 amide bonds. The first-order valence-electron chi connectivity index (χ1n) is 4.37. The number of nitrogens with zero attached hydrogens (tertiary/aromatic N) is 1. The average molecular weight is 202 g/mol. The second-order valence-electron chi connectivity index (χ2n) is 3.42. The van der Waals surface area contributed by atoms with Gasteiger partial charge in [-0.3, -0.25) is 5.32 Å². The van der Waals surface area contributed by atoms with Crippen molar-refractivity contribution in [3.63, 3.8) is 0 Å². The molecule has 0 unspecified atom stereocenters. The third-order valence-corrected chi connectivity index (χ3v) is 2.09. The van der Waals surface area contributed by atoms with Gasteiger partial charge in [-0.15, -0.1) is 0 Å². The lowest BCUT2D eigenvalue weighted by Crippen LogP contribution is -2.52. The predicted octanol–water partition coefficient (Wildman–Crippen LogP) is -0.151. The fraction of sp³-hybridized carbons (Fsp3) is 0.750. The van der Waals surface area contributed by atoms with Crippen LogP contribution in [0.2, 0.25) is 0 Å². The summed E-state index contributed by atoms with van der Waals surface area (Å²) < 4.78 is 4.90. The maximum absolute atomic E-state index is 11.2. The van der Waals surface area contributed by atoms with E-state index < -0.39 is 17.8 Å².